The van der Waals surface area contributed by atoms with Crippen LogP contribution in [0, 0.1) is 11.6 Å². The van der Waals surface area contributed by atoms with Crippen LogP contribution < -0.4 is 10.3 Å². The highest BCUT2D eigenvalue weighted by atomic mass is 31.0. The van der Waals surface area contributed by atoms with Crippen molar-refractivity contribution in [2.24, 2.45) is 0 Å². The van der Waals surface area contributed by atoms with E-state index in [0.717, 1.165) is 10.7 Å². The maximum absolute atomic E-state index is 13.8. The third-order valence-electron chi connectivity index (χ3n) is 3.54. The molecule has 0 bridgehead atoms. The maximum Gasteiger partial charge on any atom is 0.316 e. The molecule has 3 rings (SSSR count). The number of halogens is 4. The highest BCUT2D eigenvalue weighted by molar-refractivity contribution is 7.18. The summed E-state index contributed by atoms with van der Waals surface area (Å²) in [6.07, 6.45) is 2.56. The first-order valence-electron chi connectivity index (χ1n) is 7.86. The Kier molecular flexibility index (Phi) is 5.69. The number of benzene rings is 1. The van der Waals surface area contributed by atoms with Gasteiger partial charge in [0.05, 0.1) is 12.2 Å². The standard InChI is InChI=1S/C17H13F4N4O2P/c18-12-3-1-2-10(15(12)19)8-25-14(26)5-4-13(24-25)11-6-22-16(23-7-11)27-9-17(20,21)28/h1-7H,8-9,28H2. The zero-order chi connectivity index (χ0) is 20.3. The third-order valence-corrected chi connectivity index (χ3v) is 3.70. The second-order valence-corrected chi connectivity index (χ2v) is 6.58. The molecule has 0 aliphatic rings. The van der Waals surface area contributed by atoms with Crippen molar-refractivity contribution in [3.63, 3.8) is 0 Å². The molecule has 0 radical (unpaired) electrons. The Morgan fingerprint density at radius 3 is 2.50 bits per heavy atom. The maximum atomic E-state index is 13.8. The van der Waals surface area contributed by atoms with Crippen LogP contribution in [0.4, 0.5) is 17.6 Å². The van der Waals surface area contributed by atoms with Gasteiger partial charge in [-0.25, -0.2) is 23.4 Å². The van der Waals surface area contributed by atoms with Crippen molar-refractivity contribution >= 4 is 9.24 Å². The van der Waals surface area contributed by atoms with Crippen LogP contribution in [0.2, 0.25) is 0 Å². The van der Waals surface area contributed by atoms with E-state index in [0.29, 0.717) is 5.56 Å². The molecule has 0 N–H and O–H groups in total. The van der Waals surface area contributed by atoms with E-state index >= 15 is 0 Å². The molecule has 146 valence electrons. The van der Waals surface area contributed by atoms with Gasteiger partial charge < -0.3 is 4.74 Å². The smallest absolute Gasteiger partial charge is 0.316 e. The van der Waals surface area contributed by atoms with Crippen LogP contribution in [0.3, 0.4) is 0 Å². The number of ether oxygens (including phenoxy) is 1. The molecule has 0 spiro atoms. The number of hydrogen-bond donors (Lipinski definition) is 0. The van der Waals surface area contributed by atoms with Crippen LogP contribution in [0.25, 0.3) is 11.3 Å². The van der Waals surface area contributed by atoms with Gasteiger partial charge in [0.25, 0.3) is 11.2 Å². The topological polar surface area (TPSA) is 69.9 Å². The first kappa shape index (κ1) is 19.9. The lowest BCUT2D eigenvalue weighted by atomic mass is 10.2. The quantitative estimate of drug-likeness (QED) is 0.460. The number of nitrogens with zero attached hydrogens (tertiary/aromatic N) is 4. The zero-order valence-corrected chi connectivity index (χ0v) is 15.3. The summed E-state index contributed by atoms with van der Waals surface area (Å²) in [6.45, 7) is -1.18. The van der Waals surface area contributed by atoms with Crippen LogP contribution in [0.5, 0.6) is 6.01 Å². The fourth-order valence-corrected chi connectivity index (χ4v) is 2.32. The molecule has 2 aromatic heterocycles. The van der Waals surface area contributed by atoms with Gasteiger partial charge in [-0.3, -0.25) is 4.79 Å². The van der Waals surface area contributed by atoms with E-state index in [1.807, 2.05) is 0 Å². The molecule has 0 aliphatic carbocycles. The molecular weight excluding hydrogens is 399 g/mol. The molecule has 1 unspecified atom stereocenters. The van der Waals surface area contributed by atoms with Crippen molar-refractivity contribution in [1.82, 2.24) is 19.7 Å². The van der Waals surface area contributed by atoms with Crippen molar-refractivity contribution in [2.75, 3.05) is 6.61 Å². The van der Waals surface area contributed by atoms with E-state index in [1.54, 1.807) is 0 Å². The third kappa shape index (κ3) is 4.89. The predicted octanol–water partition coefficient (Wildman–Crippen LogP) is 2.87. The van der Waals surface area contributed by atoms with Gasteiger partial charge in [-0.15, -0.1) is 0 Å². The van der Waals surface area contributed by atoms with Gasteiger partial charge in [-0.2, -0.15) is 13.9 Å². The van der Waals surface area contributed by atoms with Crippen LogP contribution in [0.15, 0.2) is 47.5 Å². The average Bonchev–Trinajstić information content (AvgIpc) is 2.65. The Labute approximate surface area is 158 Å². The van der Waals surface area contributed by atoms with Gasteiger partial charge in [0, 0.05) is 29.6 Å². The molecule has 3 aromatic rings. The monoisotopic (exact) mass is 412 g/mol. The van der Waals surface area contributed by atoms with Gasteiger partial charge >= 0.3 is 6.01 Å². The summed E-state index contributed by atoms with van der Waals surface area (Å²) in [5, 5.41) is 4.09. The number of aromatic nitrogens is 4. The van der Waals surface area contributed by atoms with E-state index in [-0.39, 0.29) is 23.8 Å². The molecule has 28 heavy (non-hydrogen) atoms. The Hall–Kier alpha value is -2.87. The van der Waals surface area contributed by atoms with Crippen LogP contribution in [-0.2, 0) is 6.54 Å². The summed E-state index contributed by atoms with van der Waals surface area (Å²) in [4.78, 5) is 19.6. The van der Waals surface area contributed by atoms with Gasteiger partial charge in [0.1, 0.15) is 0 Å². The highest BCUT2D eigenvalue weighted by Crippen LogP contribution is 2.22. The Morgan fingerprint density at radius 1 is 1.11 bits per heavy atom. The van der Waals surface area contributed by atoms with E-state index in [1.165, 1.54) is 45.9 Å². The lowest BCUT2D eigenvalue weighted by molar-refractivity contribution is 0.0422. The second-order valence-electron chi connectivity index (χ2n) is 5.73. The predicted molar refractivity (Wildman–Crippen MR) is 95.1 cm³/mol. The molecule has 6 nitrogen and oxygen atoms in total. The van der Waals surface area contributed by atoms with Gasteiger partial charge in [-0.1, -0.05) is 21.4 Å². The van der Waals surface area contributed by atoms with Gasteiger partial charge in [0.15, 0.2) is 18.2 Å². The van der Waals surface area contributed by atoms with E-state index in [2.05, 4.69) is 15.1 Å². The summed E-state index contributed by atoms with van der Waals surface area (Å²) >= 11 is 0. The minimum Gasteiger partial charge on any atom is -0.457 e. The van der Waals surface area contributed by atoms with Crippen LogP contribution in [-0.4, -0.2) is 32.0 Å². The van der Waals surface area contributed by atoms with Gasteiger partial charge in [-0.05, 0) is 12.1 Å². The highest BCUT2D eigenvalue weighted by Gasteiger charge is 2.22. The molecule has 2 heterocycles. The summed E-state index contributed by atoms with van der Waals surface area (Å²) in [5.74, 6) is -2.08. The Morgan fingerprint density at radius 2 is 1.82 bits per heavy atom. The first-order valence-corrected chi connectivity index (χ1v) is 8.44. The summed E-state index contributed by atoms with van der Waals surface area (Å²) in [6, 6.07) is 6.00. The lowest BCUT2D eigenvalue weighted by Crippen LogP contribution is -2.23. The molecule has 0 fully saturated rings. The van der Waals surface area contributed by atoms with E-state index in [9.17, 15) is 22.4 Å². The Balaban J connectivity index is 1.83. The van der Waals surface area contributed by atoms with Crippen molar-refractivity contribution in [3.05, 3.63) is 70.3 Å². The average molecular weight is 412 g/mol. The van der Waals surface area contributed by atoms with Crippen molar-refractivity contribution in [1.29, 1.82) is 0 Å². The van der Waals surface area contributed by atoms with Crippen molar-refractivity contribution in [3.8, 4) is 17.3 Å². The lowest BCUT2D eigenvalue weighted by Gasteiger charge is -2.11. The molecule has 0 aliphatic heterocycles. The van der Waals surface area contributed by atoms with Crippen LogP contribution in [0.1, 0.15) is 5.56 Å². The summed E-state index contributed by atoms with van der Waals surface area (Å²) < 4.78 is 58.4. The zero-order valence-electron chi connectivity index (χ0n) is 14.2. The van der Waals surface area contributed by atoms with Crippen molar-refractivity contribution in [2.45, 2.75) is 12.2 Å². The van der Waals surface area contributed by atoms with Gasteiger partial charge in [0.2, 0.25) is 0 Å². The first-order chi connectivity index (χ1) is 13.2. The summed E-state index contributed by atoms with van der Waals surface area (Å²) in [7, 11) is 1.34. The molecule has 1 atom stereocenters. The number of alkyl halides is 2. The summed E-state index contributed by atoms with van der Waals surface area (Å²) in [5.41, 5.74) is -3.01. The molecule has 11 heteroatoms. The number of rotatable bonds is 6. The molecular formula is C17H13F4N4O2P. The molecule has 0 saturated carbocycles. The largest absolute Gasteiger partial charge is 0.457 e. The fourth-order valence-electron chi connectivity index (χ4n) is 2.23. The van der Waals surface area contributed by atoms with Crippen LogP contribution >= 0.6 is 9.24 Å². The normalized spacial score (nSPS) is 11.5. The van der Waals surface area contributed by atoms with E-state index < -0.39 is 29.5 Å². The molecule has 1 aromatic carbocycles. The van der Waals surface area contributed by atoms with E-state index in [4.69, 9.17) is 4.74 Å². The minimum absolute atomic E-state index is 0.0369. The fraction of sp³-hybridized carbons (Fsp3) is 0.176. The SMILES string of the molecule is O=c1ccc(-c2cnc(OCC(F)(F)P)nc2)nn1Cc1cccc(F)c1F. The molecule has 0 saturated heterocycles. The van der Waals surface area contributed by atoms with Crippen molar-refractivity contribution < 1.29 is 22.3 Å². The second kappa shape index (κ2) is 8.02. The Bertz CT molecular complexity index is 1040. The minimum atomic E-state index is -3.11. The molecule has 0 amide bonds. The number of hydrogen-bond acceptors (Lipinski definition) is 5.